The van der Waals surface area contributed by atoms with Gasteiger partial charge in [0, 0.05) is 0 Å². The van der Waals surface area contributed by atoms with Gasteiger partial charge in [-0.1, -0.05) is 30.2 Å². The number of hydrogen-bond acceptors (Lipinski definition) is 6. The van der Waals surface area contributed by atoms with Gasteiger partial charge in [0.25, 0.3) is 0 Å². The van der Waals surface area contributed by atoms with Crippen LogP contribution in [0.25, 0.3) is 24.3 Å². The molecule has 0 saturated heterocycles. The molecule has 0 aliphatic carbocycles. The number of rotatable bonds is 9. The van der Waals surface area contributed by atoms with Gasteiger partial charge in [0.2, 0.25) is 5.91 Å². The number of amides is 1. The molecular weight excluding hydrogens is 434 g/mol. The molecule has 1 aromatic heterocycles. The third-order valence-corrected chi connectivity index (χ3v) is 4.81. The maximum Gasteiger partial charge on any atom is 0.242 e. The van der Waals surface area contributed by atoms with Crippen LogP contribution in [0.4, 0.5) is 0 Å². The predicted octanol–water partition coefficient (Wildman–Crippen LogP) is 3.40. The van der Waals surface area contributed by atoms with E-state index in [0.717, 1.165) is 11.1 Å². The normalized spacial score (nSPS) is 11.0. The van der Waals surface area contributed by atoms with Gasteiger partial charge in [-0.15, -0.1) is 6.42 Å². The molecule has 8 heteroatoms. The number of phenols is 2. The molecule has 1 heterocycles. The molecule has 0 spiro atoms. The number of aromatic hydroxyl groups is 2. The molecule has 0 unspecified atom stereocenters. The summed E-state index contributed by atoms with van der Waals surface area (Å²) in [5, 5.41) is 26.7. The van der Waals surface area contributed by atoms with Crippen LogP contribution >= 0.6 is 0 Å². The zero-order valence-corrected chi connectivity index (χ0v) is 18.9. The van der Waals surface area contributed by atoms with Crippen molar-refractivity contribution in [1.29, 1.82) is 0 Å². The van der Waals surface area contributed by atoms with Crippen LogP contribution in [0.15, 0.2) is 42.5 Å². The minimum absolute atomic E-state index is 0.0128. The van der Waals surface area contributed by atoms with Gasteiger partial charge in [0.1, 0.15) is 6.54 Å². The van der Waals surface area contributed by atoms with Gasteiger partial charge in [-0.3, -0.25) is 9.48 Å². The van der Waals surface area contributed by atoms with Crippen molar-refractivity contribution in [3.05, 3.63) is 65.0 Å². The van der Waals surface area contributed by atoms with E-state index in [0.29, 0.717) is 22.9 Å². The Morgan fingerprint density at radius 3 is 2.15 bits per heavy atom. The van der Waals surface area contributed by atoms with Crippen LogP contribution in [0.5, 0.6) is 23.0 Å². The van der Waals surface area contributed by atoms with E-state index in [9.17, 15) is 15.0 Å². The van der Waals surface area contributed by atoms with E-state index in [1.807, 2.05) is 24.3 Å². The Labute approximate surface area is 197 Å². The summed E-state index contributed by atoms with van der Waals surface area (Å²) in [6.45, 7) is 0.120. The predicted molar refractivity (Wildman–Crippen MR) is 131 cm³/mol. The SMILES string of the molecule is C#CCNC(=O)Cn1nc(C=Cc2ccc(O)c(OC)c2)cc1C=Cc1ccc(O)c(OC)c1. The quantitative estimate of drug-likeness (QED) is 0.424. The number of hydrogen-bond donors (Lipinski definition) is 3. The molecule has 0 aliphatic heterocycles. The van der Waals surface area contributed by atoms with Crippen LogP contribution in [-0.2, 0) is 11.3 Å². The highest BCUT2D eigenvalue weighted by atomic mass is 16.5. The van der Waals surface area contributed by atoms with E-state index in [1.54, 1.807) is 47.2 Å². The molecule has 174 valence electrons. The van der Waals surface area contributed by atoms with Gasteiger partial charge in [0.05, 0.1) is 32.2 Å². The van der Waals surface area contributed by atoms with Crippen molar-refractivity contribution in [3.63, 3.8) is 0 Å². The number of carbonyl (C=O) groups excluding carboxylic acids is 1. The highest BCUT2D eigenvalue weighted by Crippen LogP contribution is 2.28. The number of terminal acetylenes is 1. The van der Waals surface area contributed by atoms with Gasteiger partial charge >= 0.3 is 0 Å². The van der Waals surface area contributed by atoms with Crippen molar-refractivity contribution in [2.75, 3.05) is 20.8 Å². The van der Waals surface area contributed by atoms with Crippen LogP contribution in [0, 0.1) is 12.3 Å². The molecule has 2 aromatic carbocycles. The van der Waals surface area contributed by atoms with Crippen LogP contribution < -0.4 is 14.8 Å². The van der Waals surface area contributed by atoms with Crippen molar-refractivity contribution in [2.45, 2.75) is 6.54 Å². The summed E-state index contributed by atoms with van der Waals surface area (Å²) in [5.41, 5.74) is 2.92. The zero-order chi connectivity index (χ0) is 24.5. The molecule has 3 N–H and O–H groups in total. The molecule has 3 aromatic rings. The Kier molecular flexibility index (Phi) is 7.97. The molecule has 0 radical (unpaired) electrons. The van der Waals surface area contributed by atoms with E-state index in [-0.39, 0.29) is 30.5 Å². The minimum atomic E-state index is -0.263. The fourth-order valence-electron chi connectivity index (χ4n) is 3.09. The largest absolute Gasteiger partial charge is 0.504 e. The molecule has 0 aliphatic rings. The highest BCUT2D eigenvalue weighted by Gasteiger charge is 2.09. The third kappa shape index (κ3) is 6.20. The van der Waals surface area contributed by atoms with Crippen LogP contribution in [0.2, 0.25) is 0 Å². The lowest BCUT2D eigenvalue weighted by Gasteiger charge is -2.05. The first kappa shape index (κ1) is 24.0. The Morgan fingerprint density at radius 2 is 1.59 bits per heavy atom. The first-order valence-electron chi connectivity index (χ1n) is 10.3. The number of carbonyl (C=O) groups is 1. The molecule has 0 bridgehead atoms. The van der Waals surface area contributed by atoms with E-state index >= 15 is 0 Å². The van der Waals surface area contributed by atoms with Crippen LogP contribution in [-0.4, -0.2) is 46.7 Å². The van der Waals surface area contributed by atoms with Gasteiger partial charge < -0.3 is 25.0 Å². The van der Waals surface area contributed by atoms with Crippen molar-refractivity contribution < 1.29 is 24.5 Å². The standard InChI is InChI=1S/C26H25N3O5/c1-4-13-27-26(32)17-29-21(10-6-19-8-12-23(31)25(15-19)34-3)16-20(28-29)9-5-18-7-11-22(30)24(14-18)33-2/h1,5-12,14-16,30-31H,13,17H2,2-3H3,(H,27,32). The van der Waals surface area contributed by atoms with Crippen molar-refractivity contribution in [2.24, 2.45) is 0 Å². The van der Waals surface area contributed by atoms with Crippen molar-refractivity contribution in [1.82, 2.24) is 15.1 Å². The molecule has 0 fully saturated rings. The summed E-state index contributed by atoms with van der Waals surface area (Å²) in [6, 6.07) is 11.8. The number of nitrogens with one attached hydrogen (secondary N) is 1. The molecular formula is C26H25N3O5. The zero-order valence-electron chi connectivity index (χ0n) is 18.9. The number of benzene rings is 2. The fraction of sp³-hybridized carbons (Fsp3) is 0.154. The van der Waals surface area contributed by atoms with E-state index in [2.05, 4.69) is 16.3 Å². The molecule has 3 rings (SSSR count). The number of methoxy groups -OCH3 is 2. The first-order valence-corrected chi connectivity index (χ1v) is 10.3. The molecule has 8 nitrogen and oxygen atoms in total. The molecule has 34 heavy (non-hydrogen) atoms. The van der Waals surface area contributed by atoms with E-state index in [4.69, 9.17) is 15.9 Å². The Morgan fingerprint density at radius 1 is 1.00 bits per heavy atom. The van der Waals surface area contributed by atoms with Crippen LogP contribution in [0.3, 0.4) is 0 Å². The lowest BCUT2D eigenvalue weighted by Crippen LogP contribution is -2.28. The lowest BCUT2D eigenvalue weighted by molar-refractivity contribution is -0.121. The number of nitrogens with zero attached hydrogens (tertiary/aromatic N) is 2. The maximum atomic E-state index is 12.2. The van der Waals surface area contributed by atoms with Gasteiger partial charge in [-0.05, 0) is 53.6 Å². The monoisotopic (exact) mass is 459 g/mol. The number of phenolic OH excluding ortho intramolecular Hbond substituents is 2. The summed E-state index contributed by atoms with van der Waals surface area (Å²) in [6.07, 6.45) is 12.5. The van der Waals surface area contributed by atoms with Gasteiger partial charge in [0.15, 0.2) is 23.0 Å². The number of aromatic nitrogens is 2. The Balaban J connectivity index is 1.89. The summed E-state index contributed by atoms with van der Waals surface area (Å²) >= 11 is 0. The van der Waals surface area contributed by atoms with E-state index < -0.39 is 0 Å². The lowest BCUT2D eigenvalue weighted by atomic mass is 10.1. The maximum absolute atomic E-state index is 12.2. The average Bonchev–Trinajstić information content (AvgIpc) is 3.22. The van der Waals surface area contributed by atoms with Crippen molar-refractivity contribution in [3.8, 4) is 35.3 Å². The van der Waals surface area contributed by atoms with Crippen molar-refractivity contribution >= 4 is 30.2 Å². The molecule has 0 saturated carbocycles. The second-order valence-electron chi connectivity index (χ2n) is 7.16. The summed E-state index contributed by atoms with van der Waals surface area (Å²) in [5.74, 6) is 2.94. The highest BCUT2D eigenvalue weighted by molar-refractivity contribution is 5.78. The van der Waals surface area contributed by atoms with E-state index in [1.165, 1.54) is 14.2 Å². The Hall–Kier alpha value is -4.64. The fourth-order valence-corrected chi connectivity index (χ4v) is 3.09. The number of ether oxygens (including phenoxy) is 2. The van der Waals surface area contributed by atoms with Crippen LogP contribution in [0.1, 0.15) is 22.5 Å². The summed E-state index contributed by atoms with van der Waals surface area (Å²) in [7, 11) is 2.96. The second-order valence-corrected chi connectivity index (χ2v) is 7.16. The molecule has 1 amide bonds. The summed E-state index contributed by atoms with van der Waals surface area (Å²) in [4.78, 5) is 12.2. The van der Waals surface area contributed by atoms with Gasteiger partial charge in [-0.2, -0.15) is 5.10 Å². The topological polar surface area (TPSA) is 106 Å². The molecule has 0 atom stereocenters. The Bertz CT molecular complexity index is 1270. The third-order valence-electron chi connectivity index (χ3n) is 4.81. The second kappa shape index (κ2) is 11.3. The minimum Gasteiger partial charge on any atom is -0.504 e. The smallest absolute Gasteiger partial charge is 0.242 e. The first-order chi connectivity index (χ1) is 16.4. The summed E-state index contributed by atoms with van der Waals surface area (Å²) < 4.78 is 11.9. The van der Waals surface area contributed by atoms with Gasteiger partial charge in [-0.25, -0.2) is 0 Å². The average molecular weight is 460 g/mol.